The van der Waals surface area contributed by atoms with Crippen molar-refractivity contribution < 1.29 is 0 Å². The SMILES string of the molecule is CC1CCN(CCNCc2cccc(Cl)c2)CC1. The molecular weight excluding hydrogens is 244 g/mol. The summed E-state index contributed by atoms with van der Waals surface area (Å²) in [5.74, 6) is 0.917. The molecule has 2 nitrogen and oxygen atoms in total. The molecule has 1 aliphatic heterocycles. The molecule has 0 unspecified atom stereocenters. The van der Waals surface area contributed by atoms with Crippen LogP contribution in [0.2, 0.25) is 5.02 Å². The van der Waals surface area contributed by atoms with Gasteiger partial charge in [0.05, 0.1) is 0 Å². The van der Waals surface area contributed by atoms with E-state index in [9.17, 15) is 0 Å². The van der Waals surface area contributed by atoms with E-state index < -0.39 is 0 Å². The first-order chi connectivity index (χ1) is 8.74. The summed E-state index contributed by atoms with van der Waals surface area (Å²) in [7, 11) is 0. The van der Waals surface area contributed by atoms with Gasteiger partial charge >= 0.3 is 0 Å². The Balaban J connectivity index is 1.61. The van der Waals surface area contributed by atoms with E-state index in [0.717, 1.165) is 30.6 Å². The summed E-state index contributed by atoms with van der Waals surface area (Å²) >= 11 is 5.96. The van der Waals surface area contributed by atoms with Gasteiger partial charge in [-0.1, -0.05) is 30.7 Å². The van der Waals surface area contributed by atoms with Crippen molar-refractivity contribution in [2.45, 2.75) is 26.3 Å². The van der Waals surface area contributed by atoms with Gasteiger partial charge in [0.15, 0.2) is 0 Å². The smallest absolute Gasteiger partial charge is 0.0409 e. The van der Waals surface area contributed by atoms with Crippen LogP contribution in [0.1, 0.15) is 25.3 Å². The molecule has 18 heavy (non-hydrogen) atoms. The number of likely N-dealkylation sites (tertiary alicyclic amines) is 1. The van der Waals surface area contributed by atoms with E-state index in [1.54, 1.807) is 0 Å². The first kappa shape index (κ1) is 13.9. The minimum Gasteiger partial charge on any atom is -0.311 e. The molecule has 0 bridgehead atoms. The van der Waals surface area contributed by atoms with Gasteiger partial charge in [-0.3, -0.25) is 0 Å². The first-order valence-electron chi connectivity index (χ1n) is 6.91. The lowest BCUT2D eigenvalue weighted by molar-refractivity contribution is 0.193. The monoisotopic (exact) mass is 266 g/mol. The summed E-state index contributed by atoms with van der Waals surface area (Å²) in [6.07, 6.45) is 2.71. The highest BCUT2D eigenvalue weighted by atomic mass is 35.5. The maximum absolute atomic E-state index is 5.96. The van der Waals surface area contributed by atoms with Crippen molar-refractivity contribution in [3.8, 4) is 0 Å². The molecule has 0 aliphatic carbocycles. The number of hydrogen-bond donors (Lipinski definition) is 1. The summed E-state index contributed by atoms with van der Waals surface area (Å²) in [6, 6.07) is 8.06. The Kier molecular flexibility index (Phi) is 5.48. The molecule has 3 heteroatoms. The molecule has 0 atom stereocenters. The van der Waals surface area contributed by atoms with Gasteiger partial charge in [-0.15, -0.1) is 0 Å². The van der Waals surface area contributed by atoms with Crippen LogP contribution in [0.25, 0.3) is 0 Å². The van der Waals surface area contributed by atoms with Crippen molar-refractivity contribution in [1.29, 1.82) is 0 Å². The van der Waals surface area contributed by atoms with Crippen LogP contribution in [-0.2, 0) is 6.54 Å². The zero-order valence-electron chi connectivity index (χ0n) is 11.2. The molecule has 0 amide bonds. The zero-order chi connectivity index (χ0) is 12.8. The number of hydrogen-bond acceptors (Lipinski definition) is 2. The topological polar surface area (TPSA) is 15.3 Å². The third-order valence-electron chi connectivity index (χ3n) is 3.70. The maximum atomic E-state index is 5.96. The highest BCUT2D eigenvalue weighted by molar-refractivity contribution is 6.30. The average molecular weight is 267 g/mol. The van der Waals surface area contributed by atoms with Crippen molar-refractivity contribution in [3.05, 3.63) is 34.9 Å². The van der Waals surface area contributed by atoms with Crippen molar-refractivity contribution in [3.63, 3.8) is 0 Å². The molecule has 1 aliphatic rings. The highest BCUT2D eigenvalue weighted by Crippen LogP contribution is 2.15. The minimum absolute atomic E-state index is 0.819. The Labute approximate surface area is 115 Å². The van der Waals surface area contributed by atoms with Gasteiger partial charge < -0.3 is 10.2 Å². The molecule has 0 spiro atoms. The number of nitrogens with zero attached hydrogens (tertiary/aromatic N) is 1. The second-order valence-corrected chi connectivity index (χ2v) is 5.77. The van der Waals surface area contributed by atoms with Gasteiger partial charge in [0.2, 0.25) is 0 Å². The molecule has 1 aromatic rings. The fourth-order valence-corrected chi connectivity index (χ4v) is 2.62. The van der Waals surface area contributed by atoms with Crippen LogP contribution in [0.3, 0.4) is 0 Å². The fourth-order valence-electron chi connectivity index (χ4n) is 2.40. The second-order valence-electron chi connectivity index (χ2n) is 5.33. The van der Waals surface area contributed by atoms with E-state index in [-0.39, 0.29) is 0 Å². The molecule has 0 radical (unpaired) electrons. The molecule has 1 saturated heterocycles. The second kappa shape index (κ2) is 7.13. The highest BCUT2D eigenvalue weighted by Gasteiger charge is 2.14. The van der Waals surface area contributed by atoms with Gasteiger partial charge in [-0.25, -0.2) is 0 Å². The van der Waals surface area contributed by atoms with Crippen molar-refractivity contribution in [2.75, 3.05) is 26.2 Å². The Bertz CT molecular complexity index is 359. The zero-order valence-corrected chi connectivity index (χ0v) is 11.9. The Morgan fingerprint density at radius 2 is 2.11 bits per heavy atom. The lowest BCUT2D eigenvalue weighted by Gasteiger charge is -2.30. The van der Waals surface area contributed by atoms with Gasteiger partial charge in [0.1, 0.15) is 0 Å². The predicted molar refractivity (Wildman–Crippen MR) is 78.0 cm³/mol. The summed E-state index contributed by atoms with van der Waals surface area (Å²) in [5.41, 5.74) is 1.26. The van der Waals surface area contributed by atoms with Crippen molar-refractivity contribution in [2.24, 2.45) is 5.92 Å². The van der Waals surface area contributed by atoms with Crippen LogP contribution >= 0.6 is 11.6 Å². The maximum Gasteiger partial charge on any atom is 0.0409 e. The van der Waals surface area contributed by atoms with Crippen LogP contribution in [0.5, 0.6) is 0 Å². The number of nitrogens with one attached hydrogen (secondary N) is 1. The molecule has 0 saturated carbocycles. The molecule has 2 rings (SSSR count). The van der Waals surface area contributed by atoms with E-state index >= 15 is 0 Å². The van der Waals surface area contributed by atoms with Crippen LogP contribution in [0.4, 0.5) is 0 Å². The van der Waals surface area contributed by atoms with Gasteiger partial charge in [-0.2, -0.15) is 0 Å². The normalized spacial score (nSPS) is 18.1. The number of piperidine rings is 1. The Hall–Kier alpha value is -0.570. The molecule has 1 N–H and O–H groups in total. The molecule has 0 aromatic heterocycles. The summed E-state index contributed by atoms with van der Waals surface area (Å²) in [5, 5.41) is 4.31. The largest absolute Gasteiger partial charge is 0.311 e. The minimum atomic E-state index is 0.819. The van der Waals surface area contributed by atoms with E-state index in [1.807, 2.05) is 18.2 Å². The van der Waals surface area contributed by atoms with Crippen LogP contribution < -0.4 is 5.32 Å². The number of rotatable bonds is 5. The van der Waals surface area contributed by atoms with Crippen LogP contribution in [0.15, 0.2) is 24.3 Å². The predicted octanol–water partition coefficient (Wildman–Crippen LogP) is 3.16. The average Bonchev–Trinajstić information content (AvgIpc) is 2.37. The number of halogens is 1. The van der Waals surface area contributed by atoms with Gasteiger partial charge in [-0.05, 0) is 49.5 Å². The molecule has 1 aromatic carbocycles. The summed E-state index contributed by atoms with van der Waals surface area (Å²) in [6.45, 7) is 8.01. The van der Waals surface area contributed by atoms with Gasteiger partial charge in [0.25, 0.3) is 0 Å². The van der Waals surface area contributed by atoms with Crippen LogP contribution in [0, 0.1) is 5.92 Å². The Morgan fingerprint density at radius 3 is 2.83 bits per heavy atom. The molecular formula is C15H23ClN2. The van der Waals surface area contributed by atoms with E-state index in [4.69, 9.17) is 11.6 Å². The molecule has 100 valence electrons. The summed E-state index contributed by atoms with van der Waals surface area (Å²) in [4.78, 5) is 2.56. The molecule has 1 heterocycles. The van der Waals surface area contributed by atoms with Crippen molar-refractivity contribution in [1.82, 2.24) is 10.2 Å². The van der Waals surface area contributed by atoms with E-state index in [1.165, 1.54) is 31.5 Å². The fraction of sp³-hybridized carbons (Fsp3) is 0.600. The summed E-state index contributed by atoms with van der Waals surface area (Å²) < 4.78 is 0. The number of benzene rings is 1. The lowest BCUT2D eigenvalue weighted by atomic mass is 9.99. The Morgan fingerprint density at radius 1 is 1.33 bits per heavy atom. The van der Waals surface area contributed by atoms with E-state index in [0.29, 0.717) is 0 Å². The van der Waals surface area contributed by atoms with Crippen LogP contribution in [-0.4, -0.2) is 31.1 Å². The third kappa shape index (κ3) is 4.60. The van der Waals surface area contributed by atoms with Crippen molar-refractivity contribution >= 4 is 11.6 Å². The first-order valence-corrected chi connectivity index (χ1v) is 7.29. The van der Waals surface area contributed by atoms with E-state index in [2.05, 4.69) is 23.2 Å². The molecule has 1 fully saturated rings. The lowest BCUT2D eigenvalue weighted by Crippen LogP contribution is -2.37. The quantitative estimate of drug-likeness (QED) is 0.824. The van der Waals surface area contributed by atoms with Gasteiger partial charge in [0, 0.05) is 24.7 Å². The standard InChI is InChI=1S/C15H23ClN2/c1-13-5-8-18(9-6-13)10-7-17-12-14-3-2-4-15(16)11-14/h2-4,11,13,17H,5-10,12H2,1H3. The third-order valence-corrected chi connectivity index (χ3v) is 3.93.